The number of hydrogen-bond donors (Lipinski definition) is 1. The van der Waals surface area contributed by atoms with Gasteiger partial charge in [-0.25, -0.2) is 14.8 Å². The maximum Gasteiger partial charge on any atom is 0.338 e. The Kier molecular flexibility index (Phi) is 6.39. The van der Waals surface area contributed by atoms with E-state index in [4.69, 9.17) is 9.47 Å². The van der Waals surface area contributed by atoms with E-state index < -0.39 is 11.9 Å². The second-order valence-corrected chi connectivity index (χ2v) is 6.69. The maximum atomic E-state index is 12.2. The molecule has 7 nitrogen and oxygen atoms in total. The fourth-order valence-electron chi connectivity index (χ4n) is 2.69. The van der Waals surface area contributed by atoms with Crippen molar-refractivity contribution in [1.29, 1.82) is 0 Å². The summed E-state index contributed by atoms with van der Waals surface area (Å²) in [6.45, 7) is 6.00. The lowest BCUT2D eigenvalue weighted by atomic mass is 10.2. The molecule has 29 heavy (non-hydrogen) atoms. The van der Waals surface area contributed by atoms with Gasteiger partial charge in [0.1, 0.15) is 12.4 Å². The Morgan fingerprint density at radius 1 is 0.966 bits per heavy atom. The molecular weight excluding hydrogens is 370 g/mol. The Labute approximate surface area is 169 Å². The highest BCUT2D eigenvalue weighted by atomic mass is 16.5. The van der Waals surface area contributed by atoms with Gasteiger partial charge in [0.2, 0.25) is 0 Å². The van der Waals surface area contributed by atoms with Crippen molar-refractivity contribution in [3.05, 3.63) is 65.0 Å². The SMILES string of the molecule is Cc1cccc(OCCNC(=O)COC(=O)c2ccc3nc(C)c(C)nc3c2)c1. The molecule has 3 rings (SSSR count). The van der Waals surface area contributed by atoms with Crippen LogP contribution in [-0.4, -0.2) is 41.6 Å². The smallest absolute Gasteiger partial charge is 0.338 e. The van der Waals surface area contributed by atoms with Gasteiger partial charge in [-0.05, 0) is 56.7 Å². The molecule has 0 aliphatic carbocycles. The lowest BCUT2D eigenvalue weighted by Gasteiger charge is -2.09. The molecule has 0 radical (unpaired) electrons. The van der Waals surface area contributed by atoms with Crippen LogP contribution < -0.4 is 10.1 Å². The lowest BCUT2D eigenvalue weighted by Crippen LogP contribution is -2.32. The Hall–Kier alpha value is -3.48. The highest BCUT2D eigenvalue weighted by Gasteiger charge is 2.12. The number of esters is 1. The lowest BCUT2D eigenvalue weighted by molar-refractivity contribution is -0.124. The van der Waals surface area contributed by atoms with Gasteiger partial charge in [0, 0.05) is 0 Å². The van der Waals surface area contributed by atoms with Gasteiger partial charge in [-0.1, -0.05) is 12.1 Å². The van der Waals surface area contributed by atoms with E-state index in [2.05, 4.69) is 15.3 Å². The summed E-state index contributed by atoms with van der Waals surface area (Å²) in [6, 6.07) is 12.6. The average molecular weight is 393 g/mol. The minimum atomic E-state index is -0.585. The van der Waals surface area contributed by atoms with Crippen molar-refractivity contribution in [2.45, 2.75) is 20.8 Å². The highest BCUT2D eigenvalue weighted by Crippen LogP contribution is 2.15. The van der Waals surface area contributed by atoms with Crippen LogP contribution in [0.1, 0.15) is 27.3 Å². The Bertz CT molecular complexity index is 1050. The normalized spacial score (nSPS) is 10.6. The van der Waals surface area contributed by atoms with Crippen molar-refractivity contribution in [3.8, 4) is 5.75 Å². The van der Waals surface area contributed by atoms with Crippen molar-refractivity contribution < 1.29 is 19.1 Å². The number of aromatic nitrogens is 2. The van der Waals surface area contributed by atoms with E-state index in [0.717, 1.165) is 22.7 Å². The zero-order valence-corrected chi connectivity index (χ0v) is 16.7. The summed E-state index contributed by atoms with van der Waals surface area (Å²) < 4.78 is 10.6. The van der Waals surface area contributed by atoms with Crippen molar-refractivity contribution in [2.75, 3.05) is 19.8 Å². The number of amides is 1. The van der Waals surface area contributed by atoms with Gasteiger partial charge in [-0.2, -0.15) is 0 Å². The number of benzene rings is 2. The van der Waals surface area contributed by atoms with E-state index in [1.54, 1.807) is 18.2 Å². The van der Waals surface area contributed by atoms with Crippen molar-refractivity contribution in [3.63, 3.8) is 0 Å². The van der Waals surface area contributed by atoms with Crippen LogP contribution >= 0.6 is 0 Å². The van der Waals surface area contributed by atoms with E-state index in [1.807, 2.05) is 45.0 Å². The van der Waals surface area contributed by atoms with Gasteiger partial charge in [-0.3, -0.25) is 4.79 Å². The summed E-state index contributed by atoms with van der Waals surface area (Å²) in [5.41, 5.74) is 4.39. The molecule has 0 atom stereocenters. The number of nitrogens with zero attached hydrogens (tertiary/aromatic N) is 2. The van der Waals surface area contributed by atoms with E-state index in [9.17, 15) is 9.59 Å². The van der Waals surface area contributed by atoms with Crippen LogP contribution in [0.2, 0.25) is 0 Å². The Balaban J connectivity index is 1.45. The molecular formula is C22H23N3O4. The van der Waals surface area contributed by atoms with Gasteiger partial charge < -0.3 is 14.8 Å². The summed E-state index contributed by atoms with van der Waals surface area (Å²) >= 11 is 0. The van der Waals surface area contributed by atoms with Gasteiger partial charge in [0.15, 0.2) is 6.61 Å². The maximum absolute atomic E-state index is 12.2. The molecule has 0 unspecified atom stereocenters. The molecule has 0 bridgehead atoms. The van der Waals surface area contributed by atoms with Crippen LogP contribution in [0.4, 0.5) is 0 Å². The molecule has 0 aliphatic rings. The molecule has 2 aromatic carbocycles. The molecule has 0 saturated heterocycles. The standard InChI is InChI=1S/C22H23N3O4/c1-14-5-4-6-18(11-14)28-10-9-23-21(26)13-29-22(27)17-7-8-19-20(12-17)25-16(3)15(2)24-19/h4-8,11-12H,9-10,13H2,1-3H3,(H,23,26). The Morgan fingerprint density at radius 3 is 2.48 bits per heavy atom. The van der Waals surface area contributed by atoms with Crippen LogP contribution in [0.3, 0.4) is 0 Å². The van der Waals surface area contributed by atoms with E-state index in [0.29, 0.717) is 29.7 Å². The number of aryl methyl sites for hydroxylation is 3. The van der Waals surface area contributed by atoms with Crippen LogP contribution in [0.5, 0.6) is 5.75 Å². The van der Waals surface area contributed by atoms with Crippen LogP contribution in [-0.2, 0) is 9.53 Å². The van der Waals surface area contributed by atoms with Crippen molar-refractivity contribution in [2.24, 2.45) is 0 Å². The summed E-state index contributed by atoms with van der Waals surface area (Å²) in [5, 5.41) is 2.65. The van der Waals surface area contributed by atoms with Gasteiger partial charge in [-0.15, -0.1) is 0 Å². The predicted molar refractivity (Wildman–Crippen MR) is 109 cm³/mol. The third kappa shape index (κ3) is 5.51. The largest absolute Gasteiger partial charge is 0.492 e. The molecule has 1 heterocycles. The van der Waals surface area contributed by atoms with Crippen LogP contribution in [0, 0.1) is 20.8 Å². The summed E-state index contributed by atoms with van der Waals surface area (Å²) in [7, 11) is 0. The molecule has 1 amide bonds. The van der Waals surface area contributed by atoms with E-state index >= 15 is 0 Å². The van der Waals surface area contributed by atoms with E-state index in [-0.39, 0.29) is 6.61 Å². The van der Waals surface area contributed by atoms with Crippen LogP contribution in [0.25, 0.3) is 11.0 Å². The summed E-state index contributed by atoms with van der Waals surface area (Å²) in [5.74, 6) is -0.230. The summed E-state index contributed by atoms with van der Waals surface area (Å²) in [6.07, 6.45) is 0. The van der Waals surface area contributed by atoms with Gasteiger partial charge >= 0.3 is 5.97 Å². The monoisotopic (exact) mass is 393 g/mol. The second-order valence-electron chi connectivity index (χ2n) is 6.69. The number of fused-ring (bicyclic) bond motifs is 1. The van der Waals surface area contributed by atoms with Crippen molar-refractivity contribution in [1.82, 2.24) is 15.3 Å². The fraction of sp³-hybridized carbons (Fsp3) is 0.273. The first-order valence-corrected chi connectivity index (χ1v) is 9.30. The Morgan fingerprint density at radius 2 is 1.72 bits per heavy atom. The van der Waals surface area contributed by atoms with E-state index in [1.165, 1.54) is 0 Å². The third-order valence-corrected chi connectivity index (χ3v) is 4.33. The first-order chi connectivity index (χ1) is 13.9. The zero-order valence-electron chi connectivity index (χ0n) is 16.7. The molecule has 1 N–H and O–H groups in total. The number of carbonyl (C=O) groups excluding carboxylic acids is 2. The number of carbonyl (C=O) groups is 2. The molecule has 0 fully saturated rings. The number of hydrogen-bond acceptors (Lipinski definition) is 6. The zero-order chi connectivity index (χ0) is 20.8. The minimum absolute atomic E-state index is 0.314. The van der Waals surface area contributed by atoms with Crippen LogP contribution in [0.15, 0.2) is 42.5 Å². The quantitative estimate of drug-likeness (QED) is 0.490. The minimum Gasteiger partial charge on any atom is -0.492 e. The third-order valence-electron chi connectivity index (χ3n) is 4.33. The summed E-state index contributed by atoms with van der Waals surface area (Å²) in [4.78, 5) is 32.9. The molecule has 0 aliphatic heterocycles. The molecule has 3 aromatic rings. The second kappa shape index (κ2) is 9.14. The molecule has 150 valence electrons. The average Bonchev–Trinajstić information content (AvgIpc) is 2.70. The van der Waals surface area contributed by atoms with Gasteiger partial charge in [0.05, 0.1) is 34.5 Å². The van der Waals surface area contributed by atoms with Crippen molar-refractivity contribution >= 4 is 22.9 Å². The van der Waals surface area contributed by atoms with Gasteiger partial charge in [0.25, 0.3) is 5.91 Å². The molecule has 0 saturated carbocycles. The predicted octanol–water partition coefficient (Wildman–Crippen LogP) is 2.91. The molecule has 1 aromatic heterocycles. The number of nitrogens with one attached hydrogen (secondary N) is 1. The molecule has 7 heteroatoms. The first-order valence-electron chi connectivity index (χ1n) is 9.30. The number of rotatable bonds is 7. The number of ether oxygens (including phenoxy) is 2. The fourth-order valence-corrected chi connectivity index (χ4v) is 2.69. The highest BCUT2D eigenvalue weighted by molar-refractivity contribution is 5.94. The first kappa shape index (κ1) is 20.3. The topological polar surface area (TPSA) is 90.4 Å². The molecule has 0 spiro atoms.